The van der Waals surface area contributed by atoms with Crippen LogP contribution < -0.4 is 10.6 Å². The third kappa shape index (κ3) is 4.45. The monoisotopic (exact) mass is 348 g/mol. The van der Waals surface area contributed by atoms with Crippen LogP contribution in [0.2, 0.25) is 0 Å². The van der Waals surface area contributed by atoms with Crippen molar-refractivity contribution in [2.24, 2.45) is 0 Å². The number of amides is 1. The van der Waals surface area contributed by atoms with Crippen molar-refractivity contribution in [3.8, 4) is 0 Å². The van der Waals surface area contributed by atoms with Crippen LogP contribution in [0.1, 0.15) is 30.9 Å². The number of aryl methyl sites for hydroxylation is 2. The molecule has 0 bridgehead atoms. The Morgan fingerprint density at radius 1 is 1.39 bits per heavy atom. The van der Waals surface area contributed by atoms with Crippen LogP contribution in [0.3, 0.4) is 0 Å². The molecular weight excluding hydrogens is 328 g/mol. The average molecular weight is 348 g/mol. The molecule has 3 rings (SSSR count). The minimum absolute atomic E-state index is 0.00842. The lowest BCUT2D eigenvalue weighted by molar-refractivity contribution is -0.113. The highest BCUT2D eigenvalue weighted by atomic mass is 32.2. The third-order valence-electron chi connectivity index (χ3n) is 3.64. The number of para-hydroxylation sites is 1. The normalized spacial score (nSPS) is 13.8. The number of anilines is 2. The first kappa shape index (κ1) is 16.3. The molecule has 2 aromatic rings. The largest absolute Gasteiger partial charge is 0.357 e. The Labute approximate surface area is 144 Å². The molecule has 1 heterocycles. The fourth-order valence-electron chi connectivity index (χ4n) is 2.23. The number of hydrogen-bond acceptors (Lipinski definition) is 6. The van der Waals surface area contributed by atoms with Crippen LogP contribution in [0, 0.1) is 6.92 Å². The quantitative estimate of drug-likeness (QED) is 0.747. The third-order valence-corrected chi connectivity index (χ3v) is 5.63. The first-order chi connectivity index (χ1) is 11.2. The highest BCUT2D eigenvalue weighted by Crippen LogP contribution is 2.30. The molecule has 0 saturated heterocycles. The SMILES string of the molecule is CCc1cccc(C)c1NC(=O)CSc1nnc(NC2CC2)s1. The van der Waals surface area contributed by atoms with Gasteiger partial charge in [0, 0.05) is 11.7 Å². The van der Waals surface area contributed by atoms with E-state index in [2.05, 4.69) is 33.8 Å². The van der Waals surface area contributed by atoms with Crippen LogP contribution in [-0.2, 0) is 11.2 Å². The molecule has 1 amide bonds. The van der Waals surface area contributed by atoms with Crippen LogP contribution in [0.25, 0.3) is 0 Å². The maximum Gasteiger partial charge on any atom is 0.234 e. The van der Waals surface area contributed by atoms with Gasteiger partial charge in [0.05, 0.1) is 5.75 Å². The van der Waals surface area contributed by atoms with Crippen molar-refractivity contribution in [2.75, 3.05) is 16.4 Å². The van der Waals surface area contributed by atoms with E-state index < -0.39 is 0 Å². The predicted octanol–water partition coefficient (Wildman–Crippen LogP) is 3.71. The number of nitrogens with one attached hydrogen (secondary N) is 2. The summed E-state index contributed by atoms with van der Waals surface area (Å²) in [5, 5.41) is 15.4. The van der Waals surface area contributed by atoms with Crippen molar-refractivity contribution in [3.05, 3.63) is 29.3 Å². The number of rotatable bonds is 7. The summed E-state index contributed by atoms with van der Waals surface area (Å²) in [6, 6.07) is 6.66. The summed E-state index contributed by atoms with van der Waals surface area (Å²) in [6.07, 6.45) is 3.32. The molecule has 1 aliphatic rings. The van der Waals surface area contributed by atoms with Gasteiger partial charge in [-0.1, -0.05) is 48.2 Å². The summed E-state index contributed by atoms with van der Waals surface area (Å²) in [5.41, 5.74) is 3.19. The van der Waals surface area contributed by atoms with E-state index in [0.717, 1.165) is 32.7 Å². The zero-order chi connectivity index (χ0) is 16.2. The summed E-state index contributed by atoms with van der Waals surface area (Å²) in [7, 11) is 0. The molecule has 1 aromatic carbocycles. The molecule has 1 fully saturated rings. The summed E-state index contributed by atoms with van der Waals surface area (Å²) in [4.78, 5) is 12.2. The minimum atomic E-state index is -0.00842. The molecule has 1 saturated carbocycles. The second kappa shape index (κ2) is 7.31. The Hall–Kier alpha value is -1.60. The van der Waals surface area contributed by atoms with Gasteiger partial charge in [0.15, 0.2) is 4.34 Å². The van der Waals surface area contributed by atoms with Crippen molar-refractivity contribution in [3.63, 3.8) is 0 Å². The topological polar surface area (TPSA) is 66.9 Å². The van der Waals surface area contributed by atoms with Gasteiger partial charge in [-0.25, -0.2) is 0 Å². The van der Waals surface area contributed by atoms with Crippen LogP contribution in [0.5, 0.6) is 0 Å². The maximum absolute atomic E-state index is 12.2. The standard InChI is InChI=1S/C16H20N4OS2/c1-3-11-6-4-5-10(2)14(11)18-13(21)9-22-16-20-19-15(23-16)17-12-7-8-12/h4-6,12H,3,7-9H2,1-2H3,(H,17,19)(H,18,21). The lowest BCUT2D eigenvalue weighted by Gasteiger charge is -2.12. The van der Waals surface area contributed by atoms with Gasteiger partial charge < -0.3 is 10.6 Å². The van der Waals surface area contributed by atoms with E-state index in [9.17, 15) is 4.79 Å². The molecule has 7 heteroatoms. The number of carbonyl (C=O) groups excluding carboxylic acids is 1. The van der Waals surface area contributed by atoms with Gasteiger partial charge in [-0.05, 0) is 37.3 Å². The average Bonchev–Trinajstić information content (AvgIpc) is 3.24. The van der Waals surface area contributed by atoms with E-state index in [0.29, 0.717) is 11.8 Å². The Kier molecular flexibility index (Phi) is 5.17. The molecule has 0 unspecified atom stereocenters. The van der Waals surface area contributed by atoms with Gasteiger partial charge in [-0.3, -0.25) is 4.79 Å². The highest BCUT2D eigenvalue weighted by molar-refractivity contribution is 8.01. The van der Waals surface area contributed by atoms with E-state index in [4.69, 9.17) is 0 Å². The molecule has 122 valence electrons. The molecule has 1 aliphatic carbocycles. The van der Waals surface area contributed by atoms with E-state index in [1.807, 2.05) is 19.1 Å². The molecule has 5 nitrogen and oxygen atoms in total. The Morgan fingerprint density at radius 3 is 2.96 bits per heavy atom. The van der Waals surface area contributed by atoms with Gasteiger partial charge in [0.2, 0.25) is 11.0 Å². The van der Waals surface area contributed by atoms with Gasteiger partial charge >= 0.3 is 0 Å². The zero-order valence-electron chi connectivity index (χ0n) is 13.3. The van der Waals surface area contributed by atoms with E-state index >= 15 is 0 Å². The van der Waals surface area contributed by atoms with E-state index in [1.165, 1.54) is 35.9 Å². The second-order valence-corrected chi connectivity index (χ2v) is 7.79. The number of nitrogens with zero attached hydrogens (tertiary/aromatic N) is 2. The Bertz CT molecular complexity index is 697. The molecule has 0 spiro atoms. The van der Waals surface area contributed by atoms with Crippen LogP contribution in [0.15, 0.2) is 22.5 Å². The van der Waals surface area contributed by atoms with Crippen molar-refractivity contribution in [1.82, 2.24) is 10.2 Å². The lowest BCUT2D eigenvalue weighted by atomic mass is 10.1. The van der Waals surface area contributed by atoms with Crippen molar-refractivity contribution >= 4 is 39.8 Å². The molecule has 0 aliphatic heterocycles. The number of carbonyl (C=O) groups is 1. The fraction of sp³-hybridized carbons (Fsp3) is 0.438. The number of thioether (sulfide) groups is 1. The molecule has 0 radical (unpaired) electrons. The Morgan fingerprint density at radius 2 is 2.22 bits per heavy atom. The maximum atomic E-state index is 12.2. The first-order valence-electron chi connectivity index (χ1n) is 7.77. The molecule has 23 heavy (non-hydrogen) atoms. The van der Waals surface area contributed by atoms with Gasteiger partial charge in [0.25, 0.3) is 0 Å². The summed E-state index contributed by atoms with van der Waals surface area (Å²) < 4.78 is 0.823. The molecule has 2 N–H and O–H groups in total. The first-order valence-corrected chi connectivity index (χ1v) is 9.57. The molecule has 1 aromatic heterocycles. The number of hydrogen-bond donors (Lipinski definition) is 2. The highest BCUT2D eigenvalue weighted by Gasteiger charge is 2.22. The number of benzene rings is 1. The van der Waals surface area contributed by atoms with Gasteiger partial charge in [-0.2, -0.15) is 0 Å². The molecule has 0 atom stereocenters. The Balaban J connectivity index is 1.54. The second-order valence-electron chi connectivity index (χ2n) is 5.59. The smallest absolute Gasteiger partial charge is 0.234 e. The molecular formula is C16H20N4OS2. The van der Waals surface area contributed by atoms with Gasteiger partial charge in [0.1, 0.15) is 0 Å². The summed E-state index contributed by atoms with van der Waals surface area (Å²) in [5.74, 6) is 0.334. The summed E-state index contributed by atoms with van der Waals surface area (Å²) in [6.45, 7) is 4.11. The van der Waals surface area contributed by atoms with E-state index in [-0.39, 0.29) is 5.91 Å². The summed E-state index contributed by atoms with van der Waals surface area (Å²) >= 11 is 2.94. The van der Waals surface area contributed by atoms with Crippen molar-refractivity contribution < 1.29 is 4.79 Å². The van der Waals surface area contributed by atoms with Crippen molar-refractivity contribution in [2.45, 2.75) is 43.5 Å². The minimum Gasteiger partial charge on any atom is -0.357 e. The number of aromatic nitrogens is 2. The predicted molar refractivity (Wildman–Crippen MR) is 96.5 cm³/mol. The van der Waals surface area contributed by atoms with Crippen LogP contribution in [0.4, 0.5) is 10.8 Å². The fourth-order valence-corrected chi connectivity index (χ4v) is 3.86. The van der Waals surface area contributed by atoms with Crippen LogP contribution in [-0.4, -0.2) is 27.9 Å². The lowest BCUT2D eigenvalue weighted by Crippen LogP contribution is -2.16. The van der Waals surface area contributed by atoms with Gasteiger partial charge in [-0.15, -0.1) is 10.2 Å². The van der Waals surface area contributed by atoms with Crippen LogP contribution >= 0.6 is 23.1 Å². The van der Waals surface area contributed by atoms with Crippen molar-refractivity contribution in [1.29, 1.82) is 0 Å². The van der Waals surface area contributed by atoms with E-state index in [1.54, 1.807) is 0 Å². The zero-order valence-corrected chi connectivity index (χ0v) is 14.9.